The minimum atomic E-state index is -3.70. The number of amides is 1. The van der Waals surface area contributed by atoms with Gasteiger partial charge in [0.05, 0.1) is 32.3 Å². The van der Waals surface area contributed by atoms with Crippen LogP contribution in [-0.4, -0.2) is 37.8 Å². The molecule has 0 aromatic heterocycles. The van der Waals surface area contributed by atoms with Crippen LogP contribution in [0.2, 0.25) is 10.0 Å². The van der Waals surface area contributed by atoms with Gasteiger partial charge in [-0.05, 0) is 44.2 Å². The Balaban J connectivity index is 2.49. The zero-order valence-electron chi connectivity index (χ0n) is 16.7. The van der Waals surface area contributed by atoms with E-state index in [0.717, 1.165) is 0 Å². The molecule has 0 spiro atoms. The van der Waals surface area contributed by atoms with Gasteiger partial charge in [0.1, 0.15) is 5.75 Å². The number of ether oxygens (including phenoxy) is 1. The van der Waals surface area contributed by atoms with Gasteiger partial charge in [-0.2, -0.15) is 4.31 Å². The molecule has 0 heterocycles. The fourth-order valence-electron chi connectivity index (χ4n) is 2.71. The lowest BCUT2D eigenvalue weighted by Crippen LogP contribution is -2.30. The van der Waals surface area contributed by atoms with Gasteiger partial charge >= 0.3 is 0 Å². The molecule has 0 saturated carbocycles. The summed E-state index contributed by atoms with van der Waals surface area (Å²) in [7, 11) is -3.70. The van der Waals surface area contributed by atoms with Crippen molar-refractivity contribution in [3.63, 3.8) is 0 Å². The molecule has 2 rings (SSSR count). The van der Waals surface area contributed by atoms with Gasteiger partial charge in [0, 0.05) is 13.1 Å². The minimum absolute atomic E-state index is 0.0600. The third-order valence-corrected chi connectivity index (χ3v) is 6.97. The van der Waals surface area contributed by atoms with Crippen molar-refractivity contribution in [3.8, 4) is 5.75 Å². The molecular weight excluding hydrogens is 435 g/mol. The van der Waals surface area contributed by atoms with Gasteiger partial charge in [-0.1, -0.05) is 43.1 Å². The smallest absolute Gasteiger partial charge is 0.257 e. The number of carbonyl (C=O) groups excluding carboxylic acids is 1. The van der Waals surface area contributed by atoms with Crippen molar-refractivity contribution in [2.24, 2.45) is 0 Å². The molecule has 0 aliphatic rings. The average Bonchev–Trinajstić information content (AvgIpc) is 2.65. The molecule has 0 atom stereocenters. The van der Waals surface area contributed by atoms with Gasteiger partial charge in [-0.15, -0.1) is 0 Å². The highest BCUT2D eigenvalue weighted by Crippen LogP contribution is 2.32. The van der Waals surface area contributed by atoms with Crippen LogP contribution in [0.4, 0.5) is 5.69 Å². The van der Waals surface area contributed by atoms with Crippen LogP contribution in [-0.2, 0) is 10.0 Å². The number of hydrogen-bond acceptors (Lipinski definition) is 4. The molecule has 158 valence electrons. The normalized spacial score (nSPS) is 11.7. The molecule has 1 amide bonds. The number of nitrogens with zero attached hydrogens (tertiary/aromatic N) is 1. The van der Waals surface area contributed by atoms with E-state index in [1.165, 1.54) is 28.6 Å². The average molecular weight is 459 g/mol. The summed E-state index contributed by atoms with van der Waals surface area (Å²) in [5.41, 5.74) is 0.402. The number of hydrogen-bond donors (Lipinski definition) is 1. The molecule has 0 radical (unpaired) electrons. The summed E-state index contributed by atoms with van der Waals surface area (Å²) in [5, 5.41) is 3.06. The van der Waals surface area contributed by atoms with Crippen molar-refractivity contribution in [2.75, 3.05) is 18.4 Å². The summed E-state index contributed by atoms with van der Waals surface area (Å²) in [4.78, 5) is 12.8. The summed E-state index contributed by atoms with van der Waals surface area (Å²) in [6, 6.07) is 9.10. The first kappa shape index (κ1) is 23.5. The fourth-order valence-corrected chi connectivity index (χ4v) is 4.58. The Labute approximate surface area is 181 Å². The predicted octanol–water partition coefficient (Wildman–Crippen LogP) is 5.06. The number of rotatable bonds is 8. The predicted molar refractivity (Wildman–Crippen MR) is 117 cm³/mol. The van der Waals surface area contributed by atoms with E-state index >= 15 is 0 Å². The molecule has 0 saturated heterocycles. The molecule has 1 N–H and O–H groups in total. The molecule has 0 fully saturated rings. The highest BCUT2D eigenvalue weighted by Gasteiger charge is 2.24. The lowest BCUT2D eigenvalue weighted by atomic mass is 10.2. The van der Waals surface area contributed by atoms with E-state index in [2.05, 4.69) is 5.32 Å². The molecule has 2 aromatic carbocycles. The molecule has 0 bridgehead atoms. The van der Waals surface area contributed by atoms with Crippen molar-refractivity contribution in [1.82, 2.24) is 4.31 Å². The van der Waals surface area contributed by atoms with Crippen molar-refractivity contribution < 1.29 is 17.9 Å². The number of anilines is 1. The second-order valence-electron chi connectivity index (χ2n) is 6.47. The van der Waals surface area contributed by atoms with Crippen LogP contribution >= 0.6 is 23.2 Å². The Bertz CT molecular complexity index is 990. The zero-order chi connectivity index (χ0) is 21.8. The first-order valence-electron chi connectivity index (χ1n) is 9.18. The number of sulfonamides is 1. The van der Waals surface area contributed by atoms with Gasteiger partial charge in [-0.3, -0.25) is 4.79 Å². The molecule has 0 unspecified atom stereocenters. The molecule has 0 aliphatic heterocycles. The Morgan fingerprint density at radius 1 is 1.14 bits per heavy atom. The largest absolute Gasteiger partial charge is 0.489 e. The van der Waals surface area contributed by atoms with Crippen LogP contribution < -0.4 is 10.1 Å². The maximum Gasteiger partial charge on any atom is 0.257 e. The van der Waals surface area contributed by atoms with Gasteiger partial charge in [0.2, 0.25) is 10.0 Å². The number of halogens is 2. The van der Waals surface area contributed by atoms with Gasteiger partial charge in [-0.25, -0.2) is 8.42 Å². The Morgan fingerprint density at radius 3 is 2.38 bits per heavy atom. The van der Waals surface area contributed by atoms with Crippen molar-refractivity contribution in [1.29, 1.82) is 0 Å². The van der Waals surface area contributed by atoms with Crippen LogP contribution in [0.25, 0.3) is 0 Å². The molecule has 0 aliphatic carbocycles. The van der Waals surface area contributed by atoms with Crippen LogP contribution in [0.15, 0.2) is 41.3 Å². The highest BCUT2D eigenvalue weighted by atomic mass is 35.5. The SMILES string of the molecule is CCN(CC)S(=O)(=O)c1ccc(OC(C)C)c(NC(=O)c2cccc(Cl)c2Cl)c1. The molecule has 2 aromatic rings. The first-order valence-corrected chi connectivity index (χ1v) is 11.4. The van der Waals surface area contributed by atoms with Crippen LogP contribution in [0.5, 0.6) is 5.75 Å². The lowest BCUT2D eigenvalue weighted by Gasteiger charge is -2.21. The quantitative estimate of drug-likeness (QED) is 0.599. The number of carbonyl (C=O) groups is 1. The Kier molecular flexibility index (Phi) is 7.94. The van der Waals surface area contributed by atoms with E-state index in [-0.39, 0.29) is 32.3 Å². The van der Waals surface area contributed by atoms with Crippen LogP contribution in [0.1, 0.15) is 38.1 Å². The lowest BCUT2D eigenvalue weighted by molar-refractivity contribution is 0.102. The second kappa shape index (κ2) is 9.80. The van der Waals surface area contributed by atoms with E-state index in [9.17, 15) is 13.2 Å². The fraction of sp³-hybridized carbons (Fsp3) is 0.350. The molecule has 29 heavy (non-hydrogen) atoms. The van der Waals surface area contributed by atoms with E-state index < -0.39 is 15.9 Å². The topological polar surface area (TPSA) is 75.7 Å². The van der Waals surface area contributed by atoms with E-state index in [1.807, 2.05) is 13.8 Å². The van der Waals surface area contributed by atoms with Crippen molar-refractivity contribution in [3.05, 3.63) is 52.0 Å². The van der Waals surface area contributed by atoms with E-state index in [0.29, 0.717) is 18.8 Å². The maximum absolute atomic E-state index is 12.9. The first-order chi connectivity index (χ1) is 13.6. The maximum atomic E-state index is 12.9. The van der Waals surface area contributed by atoms with Crippen molar-refractivity contribution >= 4 is 44.8 Å². The summed E-state index contributed by atoms with van der Waals surface area (Å²) < 4.78 is 32.8. The standard InChI is InChI=1S/C20H24Cl2N2O4S/c1-5-24(6-2)29(26,27)14-10-11-18(28-13(3)4)17(12-14)23-20(25)15-8-7-9-16(21)19(15)22/h7-13H,5-6H2,1-4H3,(H,23,25). The zero-order valence-corrected chi connectivity index (χ0v) is 19.0. The number of nitrogens with one attached hydrogen (secondary N) is 1. The van der Waals surface area contributed by atoms with E-state index in [4.69, 9.17) is 27.9 Å². The van der Waals surface area contributed by atoms with Crippen molar-refractivity contribution in [2.45, 2.75) is 38.7 Å². The Hall–Kier alpha value is -1.80. The van der Waals surface area contributed by atoms with Gasteiger partial charge in [0.25, 0.3) is 5.91 Å². The highest BCUT2D eigenvalue weighted by molar-refractivity contribution is 7.89. The second-order valence-corrected chi connectivity index (χ2v) is 9.19. The monoisotopic (exact) mass is 458 g/mol. The van der Waals surface area contributed by atoms with Gasteiger partial charge in [0.15, 0.2) is 0 Å². The summed E-state index contributed by atoms with van der Waals surface area (Å²) in [5.74, 6) is -0.173. The molecular formula is C20H24Cl2N2O4S. The third kappa shape index (κ3) is 5.42. The third-order valence-electron chi connectivity index (χ3n) is 4.10. The van der Waals surface area contributed by atoms with Crippen LogP contribution in [0, 0.1) is 0 Å². The summed E-state index contributed by atoms with van der Waals surface area (Å²) in [6.45, 7) is 7.87. The number of benzene rings is 2. The molecule has 9 heteroatoms. The van der Waals surface area contributed by atoms with Gasteiger partial charge < -0.3 is 10.1 Å². The Morgan fingerprint density at radius 2 is 1.79 bits per heavy atom. The van der Waals surface area contributed by atoms with Crippen LogP contribution in [0.3, 0.4) is 0 Å². The summed E-state index contributed by atoms with van der Waals surface area (Å²) in [6.07, 6.45) is -0.175. The summed E-state index contributed by atoms with van der Waals surface area (Å²) >= 11 is 12.1. The van der Waals surface area contributed by atoms with E-state index in [1.54, 1.807) is 26.0 Å². The minimum Gasteiger partial charge on any atom is -0.489 e. The molecule has 6 nitrogen and oxygen atoms in total.